The van der Waals surface area contributed by atoms with Gasteiger partial charge >= 0.3 is 5.69 Å². The number of fused-ring (bicyclic) bond motifs is 1. The van der Waals surface area contributed by atoms with Crippen LogP contribution in [0.4, 0.5) is 0 Å². The van der Waals surface area contributed by atoms with Crippen molar-refractivity contribution in [1.29, 1.82) is 0 Å². The summed E-state index contributed by atoms with van der Waals surface area (Å²) in [7, 11) is 0. The molecule has 0 bridgehead atoms. The fraction of sp³-hybridized carbons (Fsp3) is 0.571. The molecule has 1 amide bonds. The van der Waals surface area contributed by atoms with E-state index in [9.17, 15) is 9.59 Å². The normalized spacial score (nSPS) is 19.2. The minimum absolute atomic E-state index is 0.0198. The second-order valence-electron chi connectivity index (χ2n) is 8.14. The predicted octanol–water partition coefficient (Wildman–Crippen LogP) is 2.03. The molecule has 7 heteroatoms. The van der Waals surface area contributed by atoms with Crippen molar-refractivity contribution in [1.82, 2.24) is 25.4 Å². The van der Waals surface area contributed by atoms with Gasteiger partial charge in [0.05, 0.1) is 12.6 Å². The van der Waals surface area contributed by atoms with Crippen LogP contribution in [0.3, 0.4) is 0 Å². The van der Waals surface area contributed by atoms with Gasteiger partial charge < -0.3 is 5.32 Å². The van der Waals surface area contributed by atoms with Crippen molar-refractivity contribution < 1.29 is 4.79 Å². The Balaban J connectivity index is 1.27. The van der Waals surface area contributed by atoms with Crippen LogP contribution in [-0.2, 0) is 17.6 Å². The molecule has 150 valence electrons. The molecule has 1 fully saturated rings. The molecule has 4 rings (SSSR count). The first-order chi connectivity index (χ1) is 13.6. The highest BCUT2D eigenvalue weighted by Crippen LogP contribution is 2.26. The summed E-state index contributed by atoms with van der Waals surface area (Å²) in [5.41, 5.74) is 3.85. The number of aryl methyl sites for hydroxylation is 2. The summed E-state index contributed by atoms with van der Waals surface area (Å²) < 4.78 is 0. The van der Waals surface area contributed by atoms with E-state index in [0.29, 0.717) is 6.54 Å². The summed E-state index contributed by atoms with van der Waals surface area (Å²) in [4.78, 5) is 28.6. The Bertz CT molecular complexity index is 879. The third-order valence-electron chi connectivity index (χ3n) is 6.11. The molecule has 2 heterocycles. The molecule has 1 aliphatic heterocycles. The van der Waals surface area contributed by atoms with Gasteiger partial charge in [0.2, 0.25) is 5.91 Å². The fourth-order valence-electron chi connectivity index (χ4n) is 4.44. The lowest BCUT2D eigenvalue weighted by atomic mass is 9.89. The summed E-state index contributed by atoms with van der Waals surface area (Å²) in [6.07, 6.45) is 6.67. The average molecular weight is 383 g/mol. The summed E-state index contributed by atoms with van der Waals surface area (Å²) >= 11 is 0. The van der Waals surface area contributed by atoms with Gasteiger partial charge in [0, 0.05) is 5.92 Å². The molecule has 28 heavy (non-hydrogen) atoms. The van der Waals surface area contributed by atoms with Crippen LogP contribution in [0, 0.1) is 0 Å². The minimum Gasteiger partial charge on any atom is -0.348 e. The summed E-state index contributed by atoms with van der Waals surface area (Å²) in [5, 5.41) is 9.62. The zero-order valence-corrected chi connectivity index (χ0v) is 16.5. The zero-order valence-electron chi connectivity index (χ0n) is 16.5. The lowest BCUT2D eigenvalue weighted by Crippen LogP contribution is -2.42. The Labute approximate surface area is 164 Å². The number of H-pyrrole nitrogens is 2. The quantitative estimate of drug-likeness (QED) is 0.736. The number of likely N-dealkylation sites (tertiary alicyclic amines) is 1. The molecule has 1 atom stereocenters. The standard InChI is InChI=1S/C21H29N5O2/c1-14(17-7-6-15-4-2-3-5-18(15)12-17)22-19(27)13-26-10-8-16(9-11-26)20-23-21(28)25-24-20/h6-7,12,14,16H,2-5,8-11,13H2,1H3,(H,22,27)(H2,23,24,25,28). The van der Waals surface area contributed by atoms with Crippen molar-refractivity contribution in [2.75, 3.05) is 19.6 Å². The number of carbonyl (C=O) groups excluding carboxylic acids is 1. The van der Waals surface area contributed by atoms with E-state index in [2.05, 4.69) is 50.5 Å². The first-order valence-corrected chi connectivity index (χ1v) is 10.4. The highest BCUT2D eigenvalue weighted by atomic mass is 16.2. The van der Waals surface area contributed by atoms with Crippen molar-refractivity contribution in [3.05, 3.63) is 51.2 Å². The third kappa shape index (κ3) is 4.35. The van der Waals surface area contributed by atoms with E-state index in [1.54, 1.807) is 0 Å². The van der Waals surface area contributed by atoms with Crippen molar-refractivity contribution in [2.24, 2.45) is 0 Å². The van der Waals surface area contributed by atoms with Crippen molar-refractivity contribution in [3.8, 4) is 0 Å². The van der Waals surface area contributed by atoms with E-state index in [4.69, 9.17) is 0 Å². The number of aromatic amines is 2. The van der Waals surface area contributed by atoms with Gasteiger partial charge in [0.25, 0.3) is 0 Å². The number of rotatable bonds is 5. The third-order valence-corrected chi connectivity index (χ3v) is 6.11. The van der Waals surface area contributed by atoms with Crippen LogP contribution in [0.1, 0.15) is 67.1 Å². The number of aromatic nitrogens is 3. The number of nitrogens with zero attached hydrogens (tertiary/aromatic N) is 2. The number of hydrogen-bond acceptors (Lipinski definition) is 4. The summed E-state index contributed by atoms with van der Waals surface area (Å²) in [6.45, 7) is 4.14. The molecule has 1 unspecified atom stereocenters. The van der Waals surface area contributed by atoms with Crippen LogP contribution < -0.4 is 11.0 Å². The molecule has 2 aromatic rings. The second-order valence-corrected chi connectivity index (χ2v) is 8.14. The second kappa shape index (κ2) is 8.31. The zero-order chi connectivity index (χ0) is 19.5. The first kappa shape index (κ1) is 18.9. The molecule has 1 aliphatic carbocycles. The Morgan fingerprint density at radius 3 is 2.71 bits per heavy atom. The maximum atomic E-state index is 12.5. The van der Waals surface area contributed by atoms with Crippen molar-refractivity contribution in [3.63, 3.8) is 0 Å². The average Bonchev–Trinajstić information content (AvgIpc) is 3.14. The molecule has 0 saturated carbocycles. The first-order valence-electron chi connectivity index (χ1n) is 10.4. The van der Waals surface area contributed by atoms with E-state index in [1.165, 1.54) is 36.0 Å². The van der Waals surface area contributed by atoms with Gasteiger partial charge in [-0.1, -0.05) is 18.2 Å². The highest BCUT2D eigenvalue weighted by molar-refractivity contribution is 5.78. The highest BCUT2D eigenvalue weighted by Gasteiger charge is 2.24. The van der Waals surface area contributed by atoms with Gasteiger partial charge in [-0.25, -0.2) is 9.89 Å². The lowest BCUT2D eigenvalue weighted by Gasteiger charge is -2.30. The van der Waals surface area contributed by atoms with Crippen LogP contribution in [0.2, 0.25) is 0 Å². The molecule has 1 saturated heterocycles. The summed E-state index contributed by atoms with van der Waals surface area (Å²) in [6, 6.07) is 6.68. The Morgan fingerprint density at radius 1 is 1.25 bits per heavy atom. The van der Waals surface area contributed by atoms with E-state index >= 15 is 0 Å². The molecular formula is C21H29N5O2. The number of nitrogens with one attached hydrogen (secondary N) is 3. The van der Waals surface area contributed by atoms with E-state index in [-0.39, 0.29) is 23.6 Å². The van der Waals surface area contributed by atoms with Crippen molar-refractivity contribution >= 4 is 5.91 Å². The number of carbonyl (C=O) groups is 1. The largest absolute Gasteiger partial charge is 0.348 e. The topological polar surface area (TPSA) is 93.9 Å². The predicted molar refractivity (Wildman–Crippen MR) is 107 cm³/mol. The van der Waals surface area contributed by atoms with Crippen LogP contribution in [-0.4, -0.2) is 45.6 Å². The molecule has 0 radical (unpaired) electrons. The molecule has 7 nitrogen and oxygen atoms in total. The molecule has 2 aliphatic rings. The van der Waals surface area contributed by atoms with E-state index < -0.39 is 0 Å². The van der Waals surface area contributed by atoms with Gasteiger partial charge in [0.1, 0.15) is 5.82 Å². The molecular weight excluding hydrogens is 354 g/mol. The van der Waals surface area contributed by atoms with Crippen LogP contribution in [0.25, 0.3) is 0 Å². The Morgan fingerprint density at radius 2 is 2.00 bits per heavy atom. The maximum Gasteiger partial charge on any atom is 0.340 e. The van der Waals surface area contributed by atoms with Crippen LogP contribution >= 0.6 is 0 Å². The van der Waals surface area contributed by atoms with Gasteiger partial charge in [-0.2, -0.15) is 5.10 Å². The molecule has 1 aromatic heterocycles. The maximum absolute atomic E-state index is 12.5. The molecule has 0 spiro atoms. The van der Waals surface area contributed by atoms with Crippen molar-refractivity contribution in [2.45, 2.75) is 57.4 Å². The van der Waals surface area contributed by atoms with Gasteiger partial charge in [-0.3, -0.25) is 14.7 Å². The smallest absolute Gasteiger partial charge is 0.340 e. The lowest BCUT2D eigenvalue weighted by molar-refractivity contribution is -0.123. The fourth-order valence-corrected chi connectivity index (χ4v) is 4.44. The molecule has 1 aromatic carbocycles. The van der Waals surface area contributed by atoms with Crippen LogP contribution in [0.15, 0.2) is 23.0 Å². The van der Waals surface area contributed by atoms with Crippen LogP contribution in [0.5, 0.6) is 0 Å². The van der Waals surface area contributed by atoms with Gasteiger partial charge in [0.15, 0.2) is 0 Å². The number of benzene rings is 1. The van der Waals surface area contributed by atoms with Gasteiger partial charge in [-0.15, -0.1) is 0 Å². The summed E-state index contributed by atoms with van der Waals surface area (Å²) in [5.74, 6) is 1.06. The molecule has 3 N–H and O–H groups in total. The number of hydrogen-bond donors (Lipinski definition) is 3. The minimum atomic E-state index is -0.257. The van der Waals surface area contributed by atoms with Gasteiger partial charge in [-0.05, 0) is 75.2 Å². The SMILES string of the molecule is CC(NC(=O)CN1CCC(c2n[nH]c(=O)[nH]2)CC1)c1ccc2c(c1)CCCC2. The monoisotopic (exact) mass is 383 g/mol. The number of piperidine rings is 1. The van der Waals surface area contributed by atoms with E-state index in [1.807, 2.05) is 0 Å². The van der Waals surface area contributed by atoms with E-state index in [0.717, 1.165) is 38.2 Å². The Hall–Kier alpha value is -2.41. The Kier molecular flexibility index (Phi) is 5.62. The number of amides is 1.